The molecular formula is C10H10BrN3OS. The van der Waals surface area contributed by atoms with Crippen molar-refractivity contribution >= 4 is 33.1 Å². The molecule has 0 aliphatic rings. The van der Waals surface area contributed by atoms with Crippen molar-refractivity contribution in [3.63, 3.8) is 0 Å². The van der Waals surface area contributed by atoms with Gasteiger partial charge in [0, 0.05) is 9.85 Å². The number of halogens is 1. The molecule has 0 fully saturated rings. The third-order valence-corrected chi connectivity index (χ3v) is 3.90. The largest absolute Gasteiger partial charge is 0.383 e. The van der Waals surface area contributed by atoms with Crippen LogP contribution < -0.4 is 11.3 Å². The molecule has 6 heteroatoms. The summed E-state index contributed by atoms with van der Waals surface area (Å²) in [6.45, 7) is 1.88. The molecule has 2 rings (SSSR count). The summed E-state index contributed by atoms with van der Waals surface area (Å²) in [4.78, 5) is 19.5. The molecule has 3 N–H and O–H groups in total. The van der Waals surface area contributed by atoms with E-state index in [9.17, 15) is 4.79 Å². The van der Waals surface area contributed by atoms with Crippen LogP contribution >= 0.6 is 27.3 Å². The zero-order chi connectivity index (χ0) is 11.7. The molecule has 0 bridgehead atoms. The smallest absolute Gasteiger partial charge is 0.256 e. The number of rotatable bonds is 2. The average Bonchev–Trinajstić information content (AvgIpc) is 2.64. The van der Waals surface area contributed by atoms with Gasteiger partial charge in [-0.15, -0.1) is 11.3 Å². The maximum atomic E-state index is 11.7. The molecule has 0 radical (unpaired) electrons. The summed E-state index contributed by atoms with van der Waals surface area (Å²) in [6, 6.07) is 1.90. The van der Waals surface area contributed by atoms with Gasteiger partial charge in [0.05, 0.1) is 10.4 Å². The summed E-state index contributed by atoms with van der Waals surface area (Å²) in [6.07, 6.45) is 0.586. The van der Waals surface area contributed by atoms with Crippen LogP contribution in [-0.4, -0.2) is 9.97 Å². The molecule has 16 heavy (non-hydrogen) atoms. The number of anilines is 1. The van der Waals surface area contributed by atoms with E-state index in [0.29, 0.717) is 23.6 Å². The Kier molecular flexibility index (Phi) is 3.11. The maximum Gasteiger partial charge on any atom is 0.256 e. The van der Waals surface area contributed by atoms with Crippen molar-refractivity contribution in [2.24, 2.45) is 0 Å². The number of nitrogens with zero attached hydrogens (tertiary/aromatic N) is 1. The highest BCUT2D eigenvalue weighted by molar-refractivity contribution is 9.10. The summed E-state index contributed by atoms with van der Waals surface area (Å²) in [5, 5.41) is 1.93. The number of thiophene rings is 1. The van der Waals surface area contributed by atoms with Crippen molar-refractivity contribution in [2.75, 3.05) is 5.73 Å². The zero-order valence-electron chi connectivity index (χ0n) is 8.58. The first-order valence-corrected chi connectivity index (χ1v) is 6.42. The first kappa shape index (κ1) is 11.3. The van der Waals surface area contributed by atoms with Gasteiger partial charge >= 0.3 is 0 Å². The molecule has 0 atom stereocenters. The molecule has 2 aromatic rings. The Bertz CT molecular complexity index is 576. The molecule has 0 saturated carbocycles. The van der Waals surface area contributed by atoms with Gasteiger partial charge in [-0.25, -0.2) is 4.98 Å². The first-order chi connectivity index (χ1) is 7.61. The topological polar surface area (TPSA) is 71.8 Å². The Labute approximate surface area is 105 Å². The lowest BCUT2D eigenvalue weighted by Gasteiger charge is -2.03. The zero-order valence-corrected chi connectivity index (χ0v) is 11.0. The molecule has 84 valence electrons. The van der Waals surface area contributed by atoms with Crippen LogP contribution in [0.25, 0.3) is 10.7 Å². The molecule has 0 aliphatic heterocycles. The Morgan fingerprint density at radius 3 is 2.88 bits per heavy atom. The predicted octanol–water partition coefficient (Wildman–Crippen LogP) is 2.41. The Hall–Kier alpha value is -1.14. The fourth-order valence-corrected chi connectivity index (χ4v) is 2.78. The minimum absolute atomic E-state index is 0.158. The van der Waals surface area contributed by atoms with Crippen LogP contribution in [0.5, 0.6) is 0 Å². The third-order valence-electron chi connectivity index (χ3n) is 2.20. The van der Waals surface area contributed by atoms with Crippen molar-refractivity contribution in [2.45, 2.75) is 13.3 Å². The Balaban J connectivity index is 2.56. The first-order valence-electron chi connectivity index (χ1n) is 4.75. The van der Waals surface area contributed by atoms with Crippen LogP contribution in [0.1, 0.15) is 12.5 Å². The van der Waals surface area contributed by atoms with E-state index in [2.05, 4.69) is 25.9 Å². The number of aromatic amines is 1. The summed E-state index contributed by atoms with van der Waals surface area (Å²) in [5.41, 5.74) is 6.12. The quantitative estimate of drug-likeness (QED) is 0.894. The number of nitrogen functional groups attached to an aromatic ring is 1. The van der Waals surface area contributed by atoms with Gasteiger partial charge in [0.15, 0.2) is 5.82 Å². The van der Waals surface area contributed by atoms with E-state index in [-0.39, 0.29) is 5.56 Å². The monoisotopic (exact) mass is 299 g/mol. The van der Waals surface area contributed by atoms with Gasteiger partial charge in [0.2, 0.25) is 0 Å². The van der Waals surface area contributed by atoms with Crippen LogP contribution in [0, 0.1) is 0 Å². The van der Waals surface area contributed by atoms with E-state index in [1.54, 1.807) is 0 Å². The van der Waals surface area contributed by atoms with E-state index in [0.717, 1.165) is 9.35 Å². The summed E-state index contributed by atoms with van der Waals surface area (Å²) in [5.74, 6) is 0.834. The highest BCUT2D eigenvalue weighted by Gasteiger charge is 2.09. The molecule has 0 aliphatic carbocycles. The number of nitrogens with two attached hydrogens (primary N) is 1. The number of aromatic nitrogens is 2. The van der Waals surface area contributed by atoms with Gasteiger partial charge in [0.25, 0.3) is 5.56 Å². The van der Waals surface area contributed by atoms with E-state index in [1.807, 2.05) is 18.4 Å². The van der Waals surface area contributed by atoms with Crippen molar-refractivity contribution in [3.05, 3.63) is 31.8 Å². The summed E-state index contributed by atoms with van der Waals surface area (Å²) in [7, 11) is 0. The van der Waals surface area contributed by atoms with Gasteiger partial charge in [-0.2, -0.15) is 0 Å². The Morgan fingerprint density at radius 1 is 1.62 bits per heavy atom. The van der Waals surface area contributed by atoms with Crippen LogP contribution in [0.15, 0.2) is 20.7 Å². The normalized spacial score (nSPS) is 10.6. The van der Waals surface area contributed by atoms with Crippen LogP contribution in [0.4, 0.5) is 5.82 Å². The molecule has 0 unspecified atom stereocenters. The van der Waals surface area contributed by atoms with E-state index >= 15 is 0 Å². The van der Waals surface area contributed by atoms with E-state index in [1.165, 1.54) is 11.3 Å². The number of nitrogens with one attached hydrogen (secondary N) is 1. The second-order valence-electron chi connectivity index (χ2n) is 3.26. The Morgan fingerprint density at radius 2 is 2.38 bits per heavy atom. The second-order valence-corrected chi connectivity index (χ2v) is 5.09. The highest BCUT2D eigenvalue weighted by atomic mass is 79.9. The number of hydrogen-bond acceptors (Lipinski definition) is 4. The van der Waals surface area contributed by atoms with E-state index < -0.39 is 0 Å². The lowest BCUT2D eigenvalue weighted by molar-refractivity contribution is 1.02. The number of hydrogen-bond donors (Lipinski definition) is 2. The highest BCUT2D eigenvalue weighted by Crippen LogP contribution is 2.27. The lowest BCUT2D eigenvalue weighted by atomic mass is 10.2. The minimum Gasteiger partial charge on any atom is -0.383 e. The van der Waals surface area contributed by atoms with Gasteiger partial charge in [-0.3, -0.25) is 4.79 Å². The molecule has 0 spiro atoms. The van der Waals surface area contributed by atoms with Crippen molar-refractivity contribution in [1.29, 1.82) is 0 Å². The van der Waals surface area contributed by atoms with Gasteiger partial charge in [0.1, 0.15) is 5.82 Å². The molecule has 0 saturated heterocycles. The fraction of sp³-hybridized carbons (Fsp3) is 0.200. The van der Waals surface area contributed by atoms with Crippen molar-refractivity contribution < 1.29 is 0 Å². The number of H-pyrrole nitrogens is 1. The van der Waals surface area contributed by atoms with E-state index in [4.69, 9.17) is 5.73 Å². The maximum absolute atomic E-state index is 11.7. The predicted molar refractivity (Wildman–Crippen MR) is 69.7 cm³/mol. The second kappa shape index (κ2) is 4.39. The van der Waals surface area contributed by atoms with Crippen molar-refractivity contribution in [3.8, 4) is 10.7 Å². The average molecular weight is 300 g/mol. The van der Waals surface area contributed by atoms with Crippen LogP contribution in [0.2, 0.25) is 0 Å². The lowest BCUT2D eigenvalue weighted by Crippen LogP contribution is -2.17. The van der Waals surface area contributed by atoms with Gasteiger partial charge < -0.3 is 10.7 Å². The molecule has 4 nitrogen and oxygen atoms in total. The van der Waals surface area contributed by atoms with Gasteiger partial charge in [-0.05, 0) is 28.4 Å². The fourth-order valence-electron chi connectivity index (χ4n) is 1.41. The molecule has 0 amide bonds. The molecular weight excluding hydrogens is 290 g/mol. The van der Waals surface area contributed by atoms with Gasteiger partial charge in [-0.1, -0.05) is 6.92 Å². The summed E-state index contributed by atoms with van der Waals surface area (Å²) < 4.78 is 0.966. The third kappa shape index (κ3) is 2.03. The van der Waals surface area contributed by atoms with Crippen molar-refractivity contribution in [1.82, 2.24) is 9.97 Å². The molecule has 2 heterocycles. The molecule has 2 aromatic heterocycles. The SMILES string of the molecule is CCc1c(N)nc(-c2cc(Br)cs2)[nH]c1=O. The minimum atomic E-state index is -0.158. The van der Waals surface area contributed by atoms with Crippen LogP contribution in [0.3, 0.4) is 0 Å². The van der Waals surface area contributed by atoms with Crippen LogP contribution in [-0.2, 0) is 6.42 Å². The summed E-state index contributed by atoms with van der Waals surface area (Å²) >= 11 is 4.85. The molecule has 0 aromatic carbocycles. The standard InChI is InChI=1S/C10H10BrN3OS/c1-2-6-8(12)13-9(14-10(6)15)7-3-5(11)4-16-7/h3-4H,2H2,1H3,(H3,12,13,14,15).